The molecule has 25 heavy (non-hydrogen) atoms. The van der Waals surface area contributed by atoms with E-state index in [1.807, 2.05) is 44.2 Å². The molecule has 0 saturated carbocycles. The maximum absolute atomic E-state index is 12.2. The number of sulfonamides is 1. The Morgan fingerprint density at radius 2 is 1.68 bits per heavy atom. The van der Waals surface area contributed by atoms with Crippen LogP contribution in [0.3, 0.4) is 0 Å². The fraction of sp³-hybridized carbons (Fsp3) is 0.316. The molecule has 6 heteroatoms. The van der Waals surface area contributed by atoms with E-state index in [1.165, 1.54) is 0 Å². The lowest BCUT2D eigenvalue weighted by molar-refractivity contribution is -0.121. The molecule has 0 saturated heterocycles. The lowest BCUT2D eigenvalue weighted by Crippen LogP contribution is -2.34. The molecule has 0 bridgehead atoms. The van der Waals surface area contributed by atoms with Crippen LogP contribution in [0.4, 0.5) is 0 Å². The molecule has 0 heterocycles. The van der Waals surface area contributed by atoms with Crippen molar-refractivity contribution in [1.29, 1.82) is 0 Å². The van der Waals surface area contributed by atoms with Crippen molar-refractivity contribution in [3.8, 4) is 0 Å². The highest BCUT2D eigenvalue weighted by molar-refractivity contribution is 7.89. The molecule has 0 aliphatic rings. The quantitative estimate of drug-likeness (QED) is 0.710. The highest BCUT2D eigenvalue weighted by atomic mass is 32.2. The number of hydrogen-bond donors (Lipinski definition) is 2. The van der Waals surface area contributed by atoms with E-state index in [0.717, 1.165) is 16.7 Å². The molecule has 0 spiro atoms. The summed E-state index contributed by atoms with van der Waals surface area (Å²) in [5.74, 6) is -0.0887. The van der Waals surface area contributed by atoms with E-state index in [4.69, 9.17) is 0 Å². The maximum Gasteiger partial charge on any atom is 0.240 e. The predicted octanol–water partition coefficient (Wildman–Crippen LogP) is 2.33. The van der Waals surface area contributed by atoms with Gasteiger partial charge in [0, 0.05) is 19.5 Å². The molecule has 2 N–H and O–H groups in total. The van der Waals surface area contributed by atoms with Crippen LogP contribution in [-0.4, -0.2) is 27.4 Å². The van der Waals surface area contributed by atoms with Gasteiger partial charge in [0.2, 0.25) is 15.9 Å². The van der Waals surface area contributed by atoms with Gasteiger partial charge in [0.15, 0.2) is 0 Å². The van der Waals surface area contributed by atoms with E-state index in [0.29, 0.717) is 12.8 Å². The van der Waals surface area contributed by atoms with Crippen LogP contribution >= 0.6 is 0 Å². The Bertz CT molecular complexity index is 818. The predicted molar refractivity (Wildman–Crippen MR) is 98.9 cm³/mol. The number of rotatable bonds is 8. The van der Waals surface area contributed by atoms with Gasteiger partial charge in [-0.2, -0.15) is 0 Å². The minimum absolute atomic E-state index is 0.0887. The second-order valence-electron chi connectivity index (χ2n) is 5.98. The first kappa shape index (κ1) is 19.1. The minimum Gasteiger partial charge on any atom is -0.355 e. The van der Waals surface area contributed by atoms with Gasteiger partial charge in [-0.1, -0.05) is 36.4 Å². The number of hydrogen-bond acceptors (Lipinski definition) is 3. The summed E-state index contributed by atoms with van der Waals surface area (Å²) in [6, 6.07) is 14.8. The zero-order chi connectivity index (χ0) is 18.3. The molecule has 0 radical (unpaired) electrons. The Hall–Kier alpha value is -2.18. The second-order valence-corrected chi connectivity index (χ2v) is 7.75. The molecule has 5 nitrogen and oxygen atoms in total. The normalized spacial score (nSPS) is 11.3. The molecule has 0 atom stereocenters. The van der Waals surface area contributed by atoms with Gasteiger partial charge in [0.1, 0.15) is 0 Å². The average molecular weight is 360 g/mol. The maximum atomic E-state index is 12.2. The number of nitrogens with one attached hydrogen (secondary N) is 2. The molecule has 0 aliphatic heterocycles. The summed E-state index contributed by atoms with van der Waals surface area (Å²) in [5, 5.41) is 2.73. The first-order valence-electron chi connectivity index (χ1n) is 8.26. The number of amides is 1. The highest BCUT2D eigenvalue weighted by Gasteiger charge is 2.14. The van der Waals surface area contributed by atoms with Crippen LogP contribution in [0.1, 0.15) is 23.1 Å². The van der Waals surface area contributed by atoms with E-state index in [-0.39, 0.29) is 23.9 Å². The number of carbonyl (C=O) groups excluding carboxylic acids is 1. The fourth-order valence-electron chi connectivity index (χ4n) is 2.34. The van der Waals surface area contributed by atoms with Crippen molar-refractivity contribution >= 4 is 15.9 Å². The summed E-state index contributed by atoms with van der Waals surface area (Å²) in [7, 11) is -3.55. The van der Waals surface area contributed by atoms with Crippen molar-refractivity contribution in [3.05, 3.63) is 65.2 Å². The first-order chi connectivity index (χ1) is 11.9. The SMILES string of the molecule is Cc1ccc(S(=O)(=O)NCCNC(=O)CCc2ccccc2)cc1C. The summed E-state index contributed by atoms with van der Waals surface area (Å²) in [4.78, 5) is 12.0. The molecule has 2 aromatic rings. The zero-order valence-electron chi connectivity index (χ0n) is 14.6. The first-order valence-corrected chi connectivity index (χ1v) is 9.74. The van der Waals surface area contributed by atoms with Gasteiger partial charge >= 0.3 is 0 Å². The number of aryl methyl sites for hydroxylation is 3. The van der Waals surface area contributed by atoms with Crippen LogP contribution < -0.4 is 10.0 Å². The molecule has 0 fully saturated rings. The lowest BCUT2D eigenvalue weighted by atomic mass is 10.1. The van der Waals surface area contributed by atoms with Crippen molar-refractivity contribution < 1.29 is 13.2 Å². The molecule has 2 rings (SSSR count). The Kier molecular flexibility index (Phi) is 6.73. The summed E-state index contributed by atoms with van der Waals surface area (Å²) < 4.78 is 27.0. The topological polar surface area (TPSA) is 75.3 Å². The van der Waals surface area contributed by atoms with Gasteiger partial charge in [0.25, 0.3) is 0 Å². The van der Waals surface area contributed by atoms with Gasteiger partial charge < -0.3 is 5.32 Å². The highest BCUT2D eigenvalue weighted by Crippen LogP contribution is 2.14. The molecular weight excluding hydrogens is 336 g/mol. The molecule has 0 aliphatic carbocycles. The standard InChI is InChI=1S/C19H24N2O3S/c1-15-8-10-18(14-16(15)2)25(23,24)21-13-12-20-19(22)11-9-17-6-4-3-5-7-17/h3-8,10,14,21H,9,11-13H2,1-2H3,(H,20,22). The number of carbonyl (C=O) groups is 1. The van der Waals surface area contributed by atoms with Crippen LogP contribution in [0.2, 0.25) is 0 Å². The van der Waals surface area contributed by atoms with E-state index < -0.39 is 10.0 Å². The smallest absolute Gasteiger partial charge is 0.240 e. The Morgan fingerprint density at radius 3 is 2.36 bits per heavy atom. The fourth-order valence-corrected chi connectivity index (χ4v) is 3.46. The lowest BCUT2D eigenvalue weighted by Gasteiger charge is -2.09. The van der Waals surface area contributed by atoms with Gasteiger partial charge in [0.05, 0.1) is 4.90 Å². The van der Waals surface area contributed by atoms with E-state index in [9.17, 15) is 13.2 Å². The van der Waals surface area contributed by atoms with Gasteiger partial charge in [-0.25, -0.2) is 13.1 Å². The van der Waals surface area contributed by atoms with Gasteiger partial charge in [-0.15, -0.1) is 0 Å². The Balaban J connectivity index is 1.74. The second kappa shape index (κ2) is 8.78. The largest absolute Gasteiger partial charge is 0.355 e. The molecular formula is C19H24N2O3S. The summed E-state index contributed by atoms with van der Waals surface area (Å²) >= 11 is 0. The third-order valence-corrected chi connectivity index (χ3v) is 5.47. The Morgan fingerprint density at radius 1 is 0.960 bits per heavy atom. The van der Waals surface area contributed by atoms with E-state index in [1.54, 1.807) is 18.2 Å². The monoisotopic (exact) mass is 360 g/mol. The summed E-state index contributed by atoms with van der Waals surface area (Å²) in [5.41, 5.74) is 3.08. The third kappa shape index (κ3) is 5.99. The molecule has 2 aromatic carbocycles. The number of benzene rings is 2. The van der Waals surface area contributed by atoms with Crippen molar-refractivity contribution in [2.75, 3.05) is 13.1 Å². The van der Waals surface area contributed by atoms with Crippen LogP contribution in [0.25, 0.3) is 0 Å². The van der Waals surface area contributed by atoms with Crippen LogP contribution in [-0.2, 0) is 21.2 Å². The van der Waals surface area contributed by atoms with Crippen molar-refractivity contribution in [2.45, 2.75) is 31.6 Å². The van der Waals surface area contributed by atoms with Crippen molar-refractivity contribution in [2.24, 2.45) is 0 Å². The molecule has 1 amide bonds. The van der Waals surface area contributed by atoms with Gasteiger partial charge in [-0.3, -0.25) is 4.79 Å². The molecule has 134 valence electrons. The third-order valence-electron chi connectivity index (χ3n) is 4.01. The van der Waals surface area contributed by atoms with Crippen molar-refractivity contribution in [1.82, 2.24) is 10.0 Å². The van der Waals surface area contributed by atoms with Crippen LogP contribution in [0, 0.1) is 13.8 Å². The Labute approximate surface area is 149 Å². The molecule has 0 unspecified atom stereocenters. The zero-order valence-corrected chi connectivity index (χ0v) is 15.4. The van der Waals surface area contributed by atoms with Crippen LogP contribution in [0.15, 0.2) is 53.4 Å². The molecule has 0 aromatic heterocycles. The van der Waals surface area contributed by atoms with Crippen LogP contribution in [0.5, 0.6) is 0 Å². The van der Waals surface area contributed by atoms with E-state index in [2.05, 4.69) is 10.0 Å². The minimum atomic E-state index is -3.55. The summed E-state index contributed by atoms with van der Waals surface area (Å²) in [6.07, 6.45) is 1.05. The van der Waals surface area contributed by atoms with E-state index >= 15 is 0 Å². The van der Waals surface area contributed by atoms with Crippen molar-refractivity contribution in [3.63, 3.8) is 0 Å². The summed E-state index contributed by atoms with van der Waals surface area (Å²) in [6.45, 7) is 4.23. The van der Waals surface area contributed by atoms with Gasteiger partial charge in [-0.05, 0) is 49.1 Å². The average Bonchev–Trinajstić information content (AvgIpc) is 2.60.